The summed E-state index contributed by atoms with van der Waals surface area (Å²) in [5, 5.41) is 12.2. The van der Waals surface area contributed by atoms with Gasteiger partial charge in [0, 0.05) is 24.2 Å². The number of carboxylic acid groups (broad SMARTS) is 1. The first-order chi connectivity index (χ1) is 14.3. The molecule has 5 nitrogen and oxygen atoms in total. The highest BCUT2D eigenvalue weighted by Crippen LogP contribution is 2.18. The van der Waals surface area contributed by atoms with Crippen molar-refractivity contribution in [2.24, 2.45) is 5.92 Å². The Morgan fingerprint density at radius 1 is 0.967 bits per heavy atom. The third-order valence-electron chi connectivity index (χ3n) is 4.47. The molecular formula is C23H27NO4S2. The first-order valence-electron chi connectivity index (χ1n) is 9.69. The number of thioether (sulfide) groups is 2. The molecule has 0 spiro atoms. The molecule has 0 heterocycles. The maximum absolute atomic E-state index is 12.8. The molecule has 0 aliphatic carbocycles. The van der Waals surface area contributed by atoms with Gasteiger partial charge in [-0.25, -0.2) is 4.79 Å². The number of aryl methyl sites for hydroxylation is 1. The predicted octanol–water partition coefficient (Wildman–Crippen LogP) is 3.94. The third-order valence-corrected chi connectivity index (χ3v) is 6.55. The van der Waals surface area contributed by atoms with Crippen molar-refractivity contribution in [1.29, 1.82) is 0 Å². The standard InChI is InChI=1S/C23H27NO4S2/c1-16-8-10-19(11-9-16)13-29-15-21(23(27)28)24-22(26)20(14-30-17(2)25)12-18-6-4-3-5-7-18/h3-11,20-21H,12-15H2,1-2H3,(H,24,26)(H,27,28)/t20-,21-/m0/s1. The summed E-state index contributed by atoms with van der Waals surface area (Å²) in [5.41, 5.74) is 3.26. The minimum Gasteiger partial charge on any atom is -0.480 e. The van der Waals surface area contributed by atoms with Gasteiger partial charge in [-0.2, -0.15) is 11.8 Å². The van der Waals surface area contributed by atoms with Gasteiger partial charge in [-0.15, -0.1) is 0 Å². The van der Waals surface area contributed by atoms with E-state index < -0.39 is 17.9 Å². The fourth-order valence-electron chi connectivity index (χ4n) is 2.79. The van der Waals surface area contributed by atoms with Gasteiger partial charge in [0.1, 0.15) is 6.04 Å². The van der Waals surface area contributed by atoms with E-state index in [1.165, 1.54) is 24.2 Å². The maximum atomic E-state index is 12.8. The number of carbonyl (C=O) groups excluding carboxylic acids is 2. The van der Waals surface area contributed by atoms with Gasteiger partial charge < -0.3 is 10.4 Å². The molecule has 0 aliphatic rings. The zero-order chi connectivity index (χ0) is 21.9. The van der Waals surface area contributed by atoms with Gasteiger partial charge in [0.05, 0.1) is 5.92 Å². The highest BCUT2D eigenvalue weighted by molar-refractivity contribution is 8.13. The van der Waals surface area contributed by atoms with Gasteiger partial charge >= 0.3 is 5.97 Å². The predicted molar refractivity (Wildman–Crippen MR) is 124 cm³/mol. The zero-order valence-corrected chi connectivity index (χ0v) is 18.8. The van der Waals surface area contributed by atoms with Crippen molar-refractivity contribution < 1.29 is 19.5 Å². The lowest BCUT2D eigenvalue weighted by Gasteiger charge is -2.20. The molecule has 1 amide bonds. The molecule has 2 rings (SSSR count). The summed E-state index contributed by atoms with van der Waals surface area (Å²) in [5.74, 6) is -0.613. The number of hydrogen-bond donors (Lipinski definition) is 2. The van der Waals surface area contributed by atoms with Crippen LogP contribution in [0.25, 0.3) is 0 Å². The summed E-state index contributed by atoms with van der Waals surface area (Å²) in [6.45, 7) is 3.48. The molecule has 0 aliphatic heterocycles. The van der Waals surface area contributed by atoms with Crippen LogP contribution in [0.4, 0.5) is 0 Å². The number of carbonyl (C=O) groups is 3. The molecule has 0 unspecified atom stereocenters. The molecule has 2 atom stereocenters. The number of nitrogens with one attached hydrogen (secondary N) is 1. The molecule has 0 aromatic heterocycles. The Morgan fingerprint density at radius 3 is 2.23 bits per heavy atom. The van der Waals surface area contributed by atoms with Gasteiger partial charge in [-0.1, -0.05) is 71.9 Å². The molecular weight excluding hydrogens is 418 g/mol. The average Bonchev–Trinajstić information content (AvgIpc) is 2.72. The highest BCUT2D eigenvalue weighted by atomic mass is 32.2. The summed E-state index contributed by atoms with van der Waals surface area (Å²) in [7, 11) is 0. The second kappa shape index (κ2) is 12.4. The van der Waals surface area contributed by atoms with Crippen molar-refractivity contribution in [3.63, 3.8) is 0 Å². The lowest BCUT2D eigenvalue weighted by molar-refractivity contribution is -0.141. The lowest BCUT2D eigenvalue weighted by atomic mass is 10.00. The van der Waals surface area contributed by atoms with Gasteiger partial charge in [0.2, 0.25) is 5.91 Å². The Kier molecular flexibility index (Phi) is 9.97. The van der Waals surface area contributed by atoms with E-state index in [1.807, 2.05) is 61.5 Å². The van der Waals surface area contributed by atoms with Crippen LogP contribution in [0.3, 0.4) is 0 Å². The van der Waals surface area contributed by atoms with E-state index in [9.17, 15) is 19.5 Å². The third kappa shape index (κ3) is 8.63. The van der Waals surface area contributed by atoms with Crippen molar-refractivity contribution >= 4 is 40.5 Å². The van der Waals surface area contributed by atoms with Crippen molar-refractivity contribution in [2.75, 3.05) is 11.5 Å². The van der Waals surface area contributed by atoms with Crippen LogP contribution in [-0.4, -0.2) is 39.6 Å². The second-order valence-electron chi connectivity index (χ2n) is 7.09. The SMILES string of the molecule is CC(=O)SC[C@H](Cc1ccccc1)C(=O)N[C@@H](CSCc1ccc(C)cc1)C(=O)O. The number of hydrogen-bond acceptors (Lipinski definition) is 5. The van der Waals surface area contributed by atoms with Crippen LogP contribution in [0.1, 0.15) is 23.6 Å². The summed E-state index contributed by atoms with van der Waals surface area (Å²) in [4.78, 5) is 35.9. The first kappa shape index (κ1) is 24.0. The maximum Gasteiger partial charge on any atom is 0.327 e. The highest BCUT2D eigenvalue weighted by Gasteiger charge is 2.26. The van der Waals surface area contributed by atoms with Crippen molar-refractivity contribution in [1.82, 2.24) is 5.32 Å². The number of carboxylic acids is 1. The van der Waals surface area contributed by atoms with E-state index >= 15 is 0 Å². The van der Waals surface area contributed by atoms with Crippen molar-refractivity contribution in [2.45, 2.75) is 32.1 Å². The van der Waals surface area contributed by atoms with Crippen LogP contribution in [0.2, 0.25) is 0 Å². The van der Waals surface area contributed by atoms with Gasteiger partial charge in [-0.3, -0.25) is 9.59 Å². The summed E-state index contributed by atoms with van der Waals surface area (Å²) < 4.78 is 0. The number of benzene rings is 2. The molecule has 2 N–H and O–H groups in total. The van der Waals surface area contributed by atoms with E-state index in [4.69, 9.17) is 0 Å². The van der Waals surface area contributed by atoms with Crippen molar-refractivity contribution in [3.8, 4) is 0 Å². The zero-order valence-electron chi connectivity index (χ0n) is 17.2. The summed E-state index contributed by atoms with van der Waals surface area (Å²) in [6, 6.07) is 16.6. The molecule has 0 saturated heterocycles. The topological polar surface area (TPSA) is 83.5 Å². The van der Waals surface area contributed by atoms with E-state index in [0.717, 1.165) is 22.9 Å². The minimum absolute atomic E-state index is 0.0655. The van der Waals surface area contributed by atoms with Gasteiger partial charge in [-0.05, 0) is 24.5 Å². The quantitative estimate of drug-likeness (QED) is 0.545. The van der Waals surface area contributed by atoms with Crippen LogP contribution < -0.4 is 5.32 Å². The Balaban J connectivity index is 1.96. The van der Waals surface area contributed by atoms with Crippen LogP contribution in [0.5, 0.6) is 0 Å². The van der Waals surface area contributed by atoms with Crippen LogP contribution in [-0.2, 0) is 26.6 Å². The Labute approximate surface area is 186 Å². The van der Waals surface area contributed by atoms with Crippen LogP contribution >= 0.6 is 23.5 Å². The van der Waals surface area contributed by atoms with E-state index in [-0.39, 0.29) is 16.8 Å². The van der Waals surface area contributed by atoms with Crippen LogP contribution in [0.15, 0.2) is 54.6 Å². The first-order valence-corrected chi connectivity index (χ1v) is 11.8. The molecule has 0 radical (unpaired) electrons. The van der Waals surface area contributed by atoms with E-state index in [1.54, 1.807) is 0 Å². The molecule has 7 heteroatoms. The monoisotopic (exact) mass is 445 g/mol. The van der Waals surface area contributed by atoms with Crippen LogP contribution in [0, 0.1) is 12.8 Å². The molecule has 2 aromatic rings. The van der Waals surface area contributed by atoms with E-state index in [2.05, 4.69) is 5.32 Å². The molecule has 0 fully saturated rings. The lowest BCUT2D eigenvalue weighted by Crippen LogP contribution is -2.46. The fraction of sp³-hybridized carbons (Fsp3) is 0.348. The smallest absolute Gasteiger partial charge is 0.327 e. The second-order valence-corrected chi connectivity index (χ2v) is 9.32. The molecule has 160 valence electrons. The summed E-state index contributed by atoms with van der Waals surface area (Å²) >= 11 is 2.56. The van der Waals surface area contributed by atoms with E-state index in [0.29, 0.717) is 17.9 Å². The minimum atomic E-state index is -1.06. The molecule has 30 heavy (non-hydrogen) atoms. The molecule has 0 bridgehead atoms. The van der Waals surface area contributed by atoms with Crippen molar-refractivity contribution in [3.05, 3.63) is 71.3 Å². The Bertz CT molecular complexity index is 840. The van der Waals surface area contributed by atoms with Gasteiger partial charge in [0.15, 0.2) is 5.12 Å². The fourth-order valence-corrected chi connectivity index (χ4v) is 4.50. The number of aliphatic carboxylic acids is 1. The Morgan fingerprint density at radius 2 is 1.63 bits per heavy atom. The Hall–Kier alpha value is -2.25. The molecule has 2 aromatic carbocycles. The largest absolute Gasteiger partial charge is 0.480 e. The van der Waals surface area contributed by atoms with Gasteiger partial charge in [0.25, 0.3) is 0 Å². The average molecular weight is 446 g/mol. The summed E-state index contributed by atoms with van der Waals surface area (Å²) in [6.07, 6.45) is 0.454. The number of amides is 1. The normalized spacial score (nSPS) is 12.7. The number of rotatable bonds is 11. The molecule has 0 saturated carbocycles.